The lowest BCUT2D eigenvalue weighted by Gasteiger charge is -2.61. The van der Waals surface area contributed by atoms with E-state index < -0.39 is 0 Å². The van der Waals surface area contributed by atoms with E-state index in [-0.39, 0.29) is 10.8 Å². The third-order valence-electron chi connectivity index (χ3n) is 8.76. The van der Waals surface area contributed by atoms with E-state index in [1.807, 2.05) is 0 Å². The van der Waals surface area contributed by atoms with E-state index >= 15 is 0 Å². The second kappa shape index (κ2) is 5.65. The van der Waals surface area contributed by atoms with Crippen LogP contribution < -0.4 is 0 Å². The highest BCUT2D eigenvalue weighted by Crippen LogP contribution is 2.66. The number of hydrogen-bond donors (Lipinski definition) is 0. The molecule has 0 N–H and O–H groups in total. The second-order valence-corrected chi connectivity index (χ2v) is 9.60. The van der Waals surface area contributed by atoms with Crippen molar-refractivity contribution in [3.63, 3.8) is 0 Å². The standard InChI is InChI=1S/C21H32O3/c1-20-8-6-14(22)11-18(20)13(12-24-3)10-15-16-4-5-19(23)21(16,2)9-7-17(15)20/h13,15-18H,4-12H2,1-3H3/t13-,15-,16-,17-,18?,20+,21-/m0/s1. The molecule has 0 saturated heterocycles. The fourth-order valence-corrected chi connectivity index (χ4v) is 7.46. The summed E-state index contributed by atoms with van der Waals surface area (Å²) in [6.07, 6.45) is 7.88. The third kappa shape index (κ3) is 2.19. The Labute approximate surface area is 145 Å². The summed E-state index contributed by atoms with van der Waals surface area (Å²) in [5.74, 6) is 3.87. The Balaban J connectivity index is 1.69. The maximum absolute atomic E-state index is 12.5. The smallest absolute Gasteiger partial charge is 0.139 e. The molecule has 4 aliphatic rings. The van der Waals surface area contributed by atoms with Crippen LogP contribution in [0, 0.1) is 40.4 Å². The van der Waals surface area contributed by atoms with Crippen molar-refractivity contribution in [2.45, 2.75) is 65.2 Å². The van der Waals surface area contributed by atoms with Crippen molar-refractivity contribution < 1.29 is 14.3 Å². The average Bonchev–Trinajstić information content (AvgIpc) is 2.85. The lowest BCUT2D eigenvalue weighted by atomic mass is 9.43. The summed E-state index contributed by atoms with van der Waals surface area (Å²) in [7, 11) is 1.79. The van der Waals surface area contributed by atoms with Gasteiger partial charge in [0.25, 0.3) is 0 Å². The Kier molecular flexibility index (Phi) is 3.95. The van der Waals surface area contributed by atoms with Gasteiger partial charge in [0.05, 0.1) is 0 Å². The SMILES string of the molecule is COC[C@@H]1C[C@@H]2[C@H](CC[C@]3(C)C(=O)CC[C@@H]23)[C@@]2(C)CCC(=O)CC12. The van der Waals surface area contributed by atoms with Gasteiger partial charge in [0, 0.05) is 38.4 Å². The largest absolute Gasteiger partial charge is 0.384 e. The van der Waals surface area contributed by atoms with Gasteiger partial charge < -0.3 is 4.74 Å². The number of hydrogen-bond acceptors (Lipinski definition) is 3. The van der Waals surface area contributed by atoms with Crippen molar-refractivity contribution in [3.8, 4) is 0 Å². The normalized spacial score (nSPS) is 51.0. The van der Waals surface area contributed by atoms with Crippen molar-refractivity contribution in [3.05, 3.63) is 0 Å². The van der Waals surface area contributed by atoms with E-state index in [9.17, 15) is 9.59 Å². The molecule has 24 heavy (non-hydrogen) atoms. The minimum atomic E-state index is -0.0630. The molecule has 4 aliphatic carbocycles. The first kappa shape index (κ1) is 16.8. The number of fused-ring (bicyclic) bond motifs is 5. The number of carbonyl (C=O) groups is 2. The molecule has 3 nitrogen and oxygen atoms in total. The summed E-state index contributed by atoms with van der Waals surface area (Å²) in [5, 5.41) is 0. The van der Waals surface area contributed by atoms with Gasteiger partial charge in [-0.05, 0) is 67.1 Å². The molecule has 4 saturated carbocycles. The topological polar surface area (TPSA) is 43.4 Å². The molecule has 0 heterocycles. The summed E-state index contributed by atoms with van der Waals surface area (Å²) >= 11 is 0. The van der Waals surface area contributed by atoms with Gasteiger partial charge in [0.2, 0.25) is 0 Å². The van der Waals surface area contributed by atoms with Gasteiger partial charge in [-0.3, -0.25) is 9.59 Å². The summed E-state index contributed by atoms with van der Waals surface area (Å²) < 4.78 is 5.57. The molecule has 0 bridgehead atoms. The molecule has 0 aromatic rings. The molecule has 4 fully saturated rings. The molecule has 0 aromatic heterocycles. The molecule has 0 spiro atoms. The maximum Gasteiger partial charge on any atom is 0.139 e. The molecule has 7 atom stereocenters. The van der Waals surface area contributed by atoms with Crippen LogP contribution in [0.15, 0.2) is 0 Å². The zero-order valence-corrected chi connectivity index (χ0v) is 15.5. The van der Waals surface area contributed by atoms with Crippen LogP contribution in [0.2, 0.25) is 0 Å². The van der Waals surface area contributed by atoms with E-state index in [0.717, 1.165) is 45.1 Å². The first-order chi connectivity index (χ1) is 11.4. The predicted molar refractivity (Wildman–Crippen MR) is 92.5 cm³/mol. The van der Waals surface area contributed by atoms with Crippen molar-refractivity contribution >= 4 is 11.6 Å². The molecule has 1 unspecified atom stereocenters. The number of carbonyl (C=O) groups excluding carboxylic acids is 2. The van der Waals surface area contributed by atoms with E-state index in [2.05, 4.69) is 13.8 Å². The van der Waals surface area contributed by atoms with Gasteiger partial charge in [-0.2, -0.15) is 0 Å². The Morgan fingerprint density at radius 2 is 1.83 bits per heavy atom. The van der Waals surface area contributed by atoms with Crippen molar-refractivity contribution in [1.29, 1.82) is 0 Å². The third-order valence-corrected chi connectivity index (χ3v) is 8.76. The van der Waals surface area contributed by atoms with Crippen LogP contribution in [0.3, 0.4) is 0 Å². The van der Waals surface area contributed by atoms with Crippen LogP contribution in [-0.2, 0) is 14.3 Å². The van der Waals surface area contributed by atoms with Crippen LogP contribution in [-0.4, -0.2) is 25.3 Å². The summed E-state index contributed by atoms with van der Waals surface area (Å²) in [5.41, 5.74) is 0.208. The molecule has 0 aromatic carbocycles. The van der Waals surface area contributed by atoms with E-state index in [4.69, 9.17) is 4.74 Å². The Hall–Kier alpha value is -0.700. The Bertz CT molecular complexity index is 555. The number of Topliss-reactive ketones (excluding diaryl/α,β-unsaturated/α-hetero) is 2. The zero-order chi connectivity index (χ0) is 17.1. The lowest BCUT2D eigenvalue weighted by molar-refractivity contribution is -0.157. The van der Waals surface area contributed by atoms with Gasteiger partial charge in [-0.25, -0.2) is 0 Å². The van der Waals surface area contributed by atoms with Crippen LogP contribution in [0.25, 0.3) is 0 Å². The van der Waals surface area contributed by atoms with E-state index in [1.165, 1.54) is 12.8 Å². The van der Waals surface area contributed by atoms with Crippen LogP contribution in [0.5, 0.6) is 0 Å². The molecule has 0 aliphatic heterocycles. The fourth-order valence-electron chi connectivity index (χ4n) is 7.46. The van der Waals surface area contributed by atoms with Crippen LogP contribution in [0.1, 0.15) is 65.2 Å². The summed E-state index contributed by atoms with van der Waals surface area (Å²) in [6.45, 7) is 5.48. The van der Waals surface area contributed by atoms with Gasteiger partial charge in [0.1, 0.15) is 11.6 Å². The molecule has 134 valence electrons. The minimum absolute atomic E-state index is 0.0630. The van der Waals surface area contributed by atoms with Gasteiger partial charge >= 0.3 is 0 Å². The zero-order valence-electron chi connectivity index (χ0n) is 15.5. The van der Waals surface area contributed by atoms with E-state index in [0.29, 0.717) is 41.2 Å². The molecule has 0 radical (unpaired) electrons. The van der Waals surface area contributed by atoms with Gasteiger partial charge in [-0.15, -0.1) is 0 Å². The quantitative estimate of drug-likeness (QED) is 0.766. The van der Waals surface area contributed by atoms with Crippen molar-refractivity contribution in [2.75, 3.05) is 13.7 Å². The predicted octanol–water partition coefficient (Wildman–Crippen LogP) is 4.04. The highest BCUT2D eigenvalue weighted by Gasteiger charge is 2.62. The lowest BCUT2D eigenvalue weighted by Crippen LogP contribution is -2.57. The fraction of sp³-hybridized carbons (Fsp3) is 0.905. The number of rotatable bonds is 2. The van der Waals surface area contributed by atoms with E-state index in [1.54, 1.807) is 7.11 Å². The van der Waals surface area contributed by atoms with Gasteiger partial charge in [0.15, 0.2) is 0 Å². The number of methoxy groups -OCH3 is 1. The Morgan fingerprint density at radius 3 is 2.58 bits per heavy atom. The van der Waals surface area contributed by atoms with Crippen LogP contribution in [0.4, 0.5) is 0 Å². The first-order valence-corrected chi connectivity index (χ1v) is 9.94. The molecule has 0 amide bonds. The molecule has 3 heteroatoms. The van der Waals surface area contributed by atoms with Crippen molar-refractivity contribution in [2.24, 2.45) is 40.4 Å². The summed E-state index contributed by atoms with van der Waals surface area (Å²) in [4.78, 5) is 24.7. The Morgan fingerprint density at radius 1 is 1.04 bits per heavy atom. The second-order valence-electron chi connectivity index (χ2n) is 9.60. The molecule has 4 rings (SSSR count). The average molecular weight is 332 g/mol. The highest BCUT2D eigenvalue weighted by molar-refractivity contribution is 5.87. The number of ether oxygens (including phenoxy) is 1. The monoisotopic (exact) mass is 332 g/mol. The first-order valence-electron chi connectivity index (χ1n) is 9.94. The minimum Gasteiger partial charge on any atom is -0.384 e. The molecular weight excluding hydrogens is 300 g/mol. The maximum atomic E-state index is 12.5. The summed E-state index contributed by atoms with van der Waals surface area (Å²) in [6, 6.07) is 0. The number of ketones is 2. The highest BCUT2D eigenvalue weighted by atomic mass is 16.5. The van der Waals surface area contributed by atoms with Gasteiger partial charge in [-0.1, -0.05) is 13.8 Å². The van der Waals surface area contributed by atoms with Crippen molar-refractivity contribution in [1.82, 2.24) is 0 Å². The van der Waals surface area contributed by atoms with Crippen LogP contribution >= 0.6 is 0 Å². The molecular formula is C21H32O3.